The topological polar surface area (TPSA) is 37.4 Å². The predicted octanol–water partition coefficient (Wildman–Crippen LogP) is 3.84. The summed E-state index contributed by atoms with van der Waals surface area (Å²) < 4.78 is 0. The molecule has 126 valence electrons. The van der Waals surface area contributed by atoms with Gasteiger partial charge in [0.15, 0.2) is 11.6 Å². The molecule has 0 fully saturated rings. The monoisotopic (exact) mass is 323 g/mol. The lowest BCUT2D eigenvalue weighted by atomic mass is 9.63. The maximum absolute atomic E-state index is 13.3. The molecule has 4 rings (SSSR count). The highest BCUT2D eigenvalue weighted by molar-refractivity contribution is 6.23. The molecule has 0 bridgehead atoms. The predicted molar refractivity (Wildman–Crippen MR) is 93.4 cm³/mol. The van der Waals surface area contributed by atoms with Crippen LogP contribution < -0.4 is 0 Å². The zero-order valence-corrected chi connectivity index (χ0v) is 15.0. The number of allylic oxidation sites excluding steroid dienone is 2. The Morgan fingerprint density at radius 1 is 1.04 bits per heavy atom. The van der Waals surface area contributed by atoms with Crippen molar-refractivity contribution in [2.75, 3.05) is 6.54 Å². The maximum Gasteiger partial charge on any atom is 0.176 e. The van der Waals surface area contributed by atoms with Gasteiger partial charge in [-0.15, -0.1) is 0 Å². The first-order valence-electron chi connectivity index (χ1n) is 8.88. The second kappa shape index (κ2) is 4.81. The summed E-state index contributed by atoms with van der Waals surface area (Å²) in [6, 6.07) is 8.50. The van der Waals surface area contributed by atoms with Crippen LogP contribution in [0.4, 0.5) is 0 Å². The number of nitrogens with zero attached hydrogens (tertiary/aromatic N) is 1. The molecule has 0 saturated heterocycles. The molecule has 0 saturated carbocycles. The van der Waals surface area contributed by atoms with Crippen molar-refractivity contribution in [3.63, 3.8) is 0 Å². The molecular formula is C21H25NO2. The number of hydrogen-bond acceptors (Lipinski definition) is 3. The van der Waals surface area contributed by atoms with Gasteiger partial charge in [-0.25, -0.2) is 0 Å². The minimum Gasteiger partial charge on any atom is -0.366 e. The van der Waals surface area contributed by atoms with Gasteiger partial charge in [-0.2, -0.15) is 0 Å². The molecule has 3 aliphatic rings. The fraction of sp³-hybridized carbons (Fsp3) is 0.524. The summed E-state index contributed by atoms with van der Waals surface area (Å²) in [7, 11) is 0. The summed E-state index contributed by atoms with van der Waals surface area (Å²) in [5, 5.41) is 0. The summed E-state index contributed by atoms with van der Waals surface area (Å²) in [5.74, 6) is 0.0765. The van der Waals surface area contributed by atoms with E-state index in [2.05, 4.69) is 43.0 Å². The Labute approximate surface area is 143 Å². The van der Waals surface area contributed by atoms with Gasteiger partial charge in [0.1, 0.15) is 0 Å². The van der Waals surface area contributed by atoms with Crippen LogP contribution in [0.2, 0.25) is 0 Å². The van der Waals surface area contributed by atoms with Crippen LogP contribution in [0.25, 0.3) is 0 Å². The van der Waals surface area contributed by atoms with E-state index in [4.69, 9.17) is 0 Å². The van der Waals surface area contributed by atoms with Crippen LogP contribution in [-0.4, -0.2) is 23.0 Å². The Morgan fingerprint density at radius 2 is 1.75 bits per heavy atom. The normalized spacial score (nSPS) is 27.5. The third kappa shape index (κ3) is 2.03. The summed E-state index contributed by atoms with van der Waals surface area (Å²) in [5.41, 5.74) is 3.44. The first kappa shape index (κ1) is 15.6. The summed E-state index contributed by atoms with van der Waals surface area (Å²) in [6.45, 7) is 9.16. The van der Waals surface area contributed by atoms with Gasteiger partial charge in [-0.1, -0.05) is 52.0 Å². The van der Waals surface area contributed by atoms with Gasteiger partial charge in [0.25, 0.3) is 0 Å². The maximum atomic E-state index is 13.3. The summed E-state index contributed by atoms with van der Waals surface area (Å²) >= 11 is 0. The Kier molecular flexibility index (Phi) is 3.13. The first-order valence-corrected chi connectivity index (χ1v) is 8.88. The van der Waals surface area contributed by atoms with E-state index >= 15 is 0 Å². The molecule has 1 aromatic carbocycles. The largest absolute Gasteiger partial charge is 0.366 e. The number of benzene rings is 1. The molecule has 1 aliphatic carbocycles. The highest BCUT2D eigenvalue weighted by atomic mass is 16.2. The SMILES string of the molecule is CC1(C)CC(=O)C2=C(C1)N1CCc3ccccc3C1C(C)(C)C2=O. The molecule has 0 amide bonds. The molecule has 0 N–H and O–H groups in total. The van der Waals surface area contributed by atoms with Crippen molar-refractivity contribution in [2.24, 2.45) is 10.8 Å². The van der Waals surface area contributed by atoms with Crippen LogP contribution in [0.3, 0.4) is 0 Å². The number of hydrogen-bond donors (Lipinski definition) is 0. The Hall–Kier alpha value is -1.90. The van der Waals surface area contributed by atoms with Gasteiger partial charge in [-0.3, -0.25) is 9.59 Å². The summed E-state index contributed by atoms with van der Waals surface area (Å²) in [4.78, 5) is 28.4. The molecule has 1 atom stereocenters. The fourth-order valence-corrected chi connectivity index (χ4v) is 4.87. The van der Waals surface area contributed by atoms with E-state index in [1.54, 1.807) is 0 Å². The van der Waals surface area contributed by atoms with Crippen LogP contribution in [0.1, 0.15) is 57.7 Å². The third-order valence-electron chi connectivity index (χ3n) is 5.98. The van der Waals surface area contributed by atoms with Crippen molar-refractivity contribution >= 4 is 11.6 Å². The minimum atomic E-state index is -0.577. The molecule has 2 aliphatic heterocycles. The molecule has 0 aromatic heterocycles. The van der Waals surface area contributed by atoms with Gasteiger partial charge in [-0.05, 0) is 29.4 Å². The van der Waals surface area contributed by atoms with Crippen molar-refractivity contribution in [1.82, 2.24) is 4.90 Å². The molecule has 2 heterocycles. The van der Waals surface area contributed by atoms with Gasteiger partial charge in [0, 0.05) is 18.7 Å². The van der Waals surface area contributed by atoms with Crippen LogP contribution in [0.5, 0.6) is 0 Å². The van der Waals surface area contributed by atoms with Crippen LogP contribution in [0, 0.1) is 10.8 Å². The van der Waals surface area contributed by atoms with Gasteiger partial charge >= 0.3 is 0 Å². The highest BCUT2D eigenvalue weighted by Crippen LogP contribution is 2.53. The second-order valence-corrected chi connectivity index (χ2v) is 8.86. The molecule has 0 radical (unpaired) electrons. The lowest BCUT2D eigenvalue weighted by Gasteiger charge is -2.53. The average molecular weight is 323 g/mol. The van der Waals surface area contributed by atoms with Crippen molar-refractivity contribution in [2.45, 2.75) is 53.0 Å². The molecule has 1 aromatic rings. The number of fused-ring (bicyclic) bond motifs is 4. The molecule has 24 heavy (non-hydrogen) atoms. The Bertz CT molecular complexity index is 785. The van der Waals surface area contributed by atoms with E-state index in [-0.39, 0.29) is 23.0 Å². The number of carbonyl (C=O) groups excluding carboxylic acids is 2. The Balaban J connectivity index is 1.93. The highest BCUT2D eigenvalue weighted by Gasteiger charge is 2.53. The van der Waals surface area contributed by atoms with Crippen LogP contribution >= 0.6 is 0 Å². The van der Waals surface area contributed by atoms with E-state index in [0.717, 1.165) is 25.1 Å². The van der Waals surface area contributed by atoms with E-state index in [9.17, 15) is 9.59 Å². The van der Waals surface area contributed by atoms with E-state index in [0.29, 0.717) is 12.0 Å². The van der Waals surface area contributed by atoms with E-state index in [1.807, 2.05) is 13.8 Å². The Morgan fingerprint density at radius 3 is 2.50 bits per heavy atom. The first-order chi connectivity index (χ1) is 11.2. The zero-order valence-electron chi connectivity index (χ0n) is 15.0. The van der Waals surface area contributed by atoms with Crippen LogP contribution in [-0.2, 0) is 16.0 Å². The van der Waals surface area contributed by atoms with Gasteiger partial charge in [0.05, 0.1) is 17.0 Å². The minimum absolute atomic E-state index is 0.0374. The number of rotatable bonds is 0. The lowest BCUT2D eigenvalue weighted by molar-refractivity contribution is -0.133. The standard InChI is InChI=1S/C21H25NO2/c1-20(2)11-15-17(16(23)12-20)19(24)21(3,4)18-14-8-6-5-7-13(14)9-10-22(15)18/h5-8,18H,9-12H2,1-4H3. The average Bonchev–Trinajstić information content (AvgIpc) is 2.50. The quantitative estimate of drug-likeness (QED) is 0.681. The van der Waals surface area contributed by atoms with E-state index < -0.39 is 5.41 Å². The van der Waals surface area contributed by atoms with Crippen LogP contribution in [0.15, 0.2) is 35.5 Å². The smallest absolute Gasteiger partial charge is 0.176 e. The van der Waals surface area contributed by atoms with Crippen molar-refractivity contribution < 1.29 is 9.59 Å². The van der Waals surface area contributed by atoms with Crippen molar-refractivity contribution in [1.29, 1.82) is 0 Å². The van der Waals surface area contributed by atoms with Crippen molar-refractivity contribution in [3.05, 3.63) is 46.7 Å². The molecular weight excluding hydrogens is 298 g/mol. The second-order valence-electron chi connectivity index (χ2n) is 8.86. The number of Topliss-reactive ketones (excluding diaryl/α,β-unsaturated/α-hetero) is 2. The number of ketones is 2. The summed E-state index contributed by atoms with van der Waals surface area (Å²) in [6.07, 6.45) is 2.26. The molecule has 3 heteroatoms. The molecule has 0 spiro atoms. The molecule has 3 nitrogen and oxygen atoms in total. The zero-order chi connectivity index (χ0) is 17.3. The third-order valence-corrected chi connectivity index (χ3v) is 5.98. The molecule has 1 unspecified atom stereocenters. The number of carbonyl (C=O) groups is 2. The van der Waals surface area contributed by atoms with Gasteiger partial charge < -0.3 is 4.90 Å². The lowest BCUT2D eigenvalue weighted by Crippen LogP contribution is -2.53. The van der Waals surface area contributed by atoms with Gasteiger partial charge in [0.2, 0.25) is 0 Å². The fourth-order valence-electron chi connectivity index (χ4n) is 4.87. The van der Waals surface area contributed by atoms with E-state index in [1.165, 1.54) is 11.1 Å². The van der Waals surface area contributed by atoms with Crippen molar-refractivity contribution in [3.8, 4) is 0 Å².